The molecule has 0 N–H and O–H groups in total. The van der Waals surface area contributed by atoms with Crippen LogP contribution in [0.15, 0.2) is 30.9 Å². The van der Waals surface area contributed by atoms with Gasteiger partial charge in [-0.25, -0.2) is 18.4 Å². The molecule has 0 aliphatic carbocycles. The molecule has 26 heavy (non-hydrogen) atoms. The minimum Gasteiger partial charge on any atom is -0.465 e. The van der Waals surface area contributed by atoms with Crippen molar-refractivity contribution in [3.63, 3.8) is 0 Å². The third kappa shape index (κ3) is 3.90. The van der Waals surface area contributed by atoms with Crippen LogP contribution in [0.2, 0.25) is 0 Å². The van der Waals surface area contributed by atoms with Crippen LogP contribution in [0.4, 0.5) is 8.78 Å². The Morgan fingerprint density at radius 2 is 2.27 bits per heavy atom. The molecule has 2 aromatic rings. The van der Waals surface area contributed by atoms with Gasteiger partial charge in [0.15, 0.2) is 0 Å². The number of aromatic nitrogens is 3. The topological polar surface area (TPSA) is 66.2 Å². The summed E-state index contributed by atoms with van der Waals surface area (Å²) in [6.07, 6.45) is 3.31. The Morgan fingerprint density at radius 3 is 2.92 bits per heavy atom. The molecular weight excluding hydrogens is 344 g/mol. The van der Waals surface area contributed by atoms with Crippen molar-refractivity contribution in [1.29, 1.82) is 0 Å². The second-order valence-corrected chi connectivity index (χ2v) is 6.88. The summed E-state index contributed by atoms with van der Waals surface area (Å²) in [4.78, 5) is 15.6. The fourth-order valence-corrected chi connectivity index (χ4v) is 3.15. The average Bonchev–Trinajstić information content (AvgIpc) is 3.23. The van der Waals surface area contributed by atoms with Crippen molar-refractivity contribution in [3.05, 3.63) is 48.1 Å². The van der Waals surface area contributed by atoms with Crippen molar-refractivity contribution in [2.24, 2.45) is 11.8 Å². The minimum absolute atomic E-state index is 0.0920. The largest absolute Gasteiger partial charge is 0.465 e. The van der Waals surface area contributed by atoms with Crippen molar-refractivity contribution >= 4 is 5.97 Å². The van der Waals surface area contributed by atoms with E-state index in [0.717, 1.165) is 6.07 Å². The van der Waals surface area contributed by atoms with Gasteiger partial charge in [0.1, 0.15) is 29.9 Å². The molecule has 6 nitrogen and oxygen atoms in total. The zero-order valence-corrected chi connectivity index (χ0v) is 14.7. The summed E-state index contributed by atoms with van der Waals surface area (Å²) in [6, 6.07) is 3.44. The zero-order valence-electron chi connectivity index (χ0n) is 14.7. The van der Waals surface area contributed by atoms with Gasteiger partial charge < -0.3 is 9.47 Å². The SMILES string of the molecule is CC(C)C(=O)OC[C@@H]1CO[C@@](Cn2cncn2)(c2ccc(F)cc2F)C1. The van der Waals surface area contributed by atoms with Crippen LogP contribution in [0, 0.1) is 23.5 Å². The van der Waals surface area contributed by atoms with Gasteiger partial charge in [0.05, 0.1) is 25.7 Å². The van der Waals surface area contributed by atoms with E-state index in [0.29, 0.717) is 13.0 Å². The van der Waals surface area contributed by atoms with Crippen LogP contribution >= 0.6 is 0 Å². The Labute approximate surface area is 150 Å². The van der Waals surface area contributed by atoms with Gasteiger partial charge in [-0.15, -0.1) is 0 Å². The lowest BCUT2D eigenvalue weighted by molar-refractivity contribution is -0.148. The molecule has 3 rings (SSSR count). The van der Waals surface area contributed by atoms with Crippen LogP contribution in [0.5, 0.6) is 0 Å². The normalized spacial score (nSPS) is 22.7. The molecule has 0 saturated carbocycles. The first-order valence-corrected chi connectivity index (χ1v) is 8.48. The number of halogens is 2. The summed E-state index contributed by atoms with van der Waals surface area (Å²) in [5, 5.41) is 4.06. The summed E-state index contributed by atoms with van der Waals surface area (Å²) < 4.78 is 40.6. The molecule has 1 aliphatic heterocycles. The van der Waals surface area contributed by atoms with Gasteiger partial charge in [-0.2, -0.15) is 5.10 Å². The van der Waals surface area contributed by atoms with Crippen LogP contribution in [0.25, 0.3) is 0 Å². The van der Waals surface area contributed by atoms with E-state index in [9.17, 15) is 13.6 Å². The van der Waals surface area contributed by atoms with E-state index in [1.54, 1.807) is 18.5 Å². The fourth-order valence-electron chi connectivity index (χ4n) is 3.15. The van der Waals surface area contributed by atoms with Crippen molar-refractivity contribution in [1.82, 2.24) is 14.8 Å². The summed E-state index contributed by atoms with van der Waals surface area (Å²) >= 11 is 0. The van der Waals surface area contributed by atoms with E-state index in [1.807, 2.05) is 0 Å². The molecule has 0 amide bonds. The predicted molar refractivity (Wildman–Crippen MR) is 87.9 cm³/mol. The highest BCUT2D eigenvalue weighted by molar-refractivity contribution is 5.71. The van der Waals surface area contributed by atoms with E-state index in [2.05, 4.69) is 10.1 Å². The summed E-state index contributed by atoms with van der Waals surface area (Å²) in [5.74, 6) is -1.92. The van der Waals surface area contributed by atoms with E-state index in [-0.39, 0.29) is 36.5 Å². The number of esters is 1. The highest BCUT2D eigenvalue weighted by atomic mass is 19.1. The highest BCUT2D eigenvalue weighted by Gasteiger charge is 2.44. The molecule has 1 aromatic carbocycles. The second-order valence-electron chi connectivity index (χ2n) is 6.88. The van der Waals surface area contributed by atoms with Crippen LogP contribution in [-0.2, 0) is 26.4 Å². The molecule has 1 saturated heterocycles. The standard InChI is InChI=1S/C18H21F2N3O3/c1-12(2)17(24)25-7-13-6-18(26-8-13,9-23-11-21-10-22-23)15-4-3-14(19)5-16(15)20/h3-5,10-13H,6-9H2,1-2H3/t13-,18+/m1/s1. The molecule has 1 fully saturated rings. The fraction of sp³-hybridized carbons (Fsp3) is 0.500. The number of rotatable bonds is 6. The van der Waals surface area contributed by atoms with Gasteiger partial charge in [0.2, 0.25) is 0 Å². The zero-order chi connectivity index (χ0) is 18.7. The Bertz CT molecular complexity index is 767. The van der Waals surface area contributed by atoms with Crippen LogP contribution in [0.1, 0.15) is 25.8 Å². The molecule has 1 aliphatic rings. The lowest BCUT2D eigenvalue weighted by atomic mass is 9.87. The lowest BCUT2D eigenvalue weighted by Gasteiger charge is -2.29. The minimum atomic E-state index is -1.03. The molecular formula is C18H21F2N3O3. The summed E-state index contributed by atoms with van der Waals surface area (Å²) in [5.41, 5.74) is -0.771. The number of carbonyl (C=O) groups is 1. The van der Waals surface area contributed by atoms with E-state index in [1.165, 1.54) is 24.8 Å². The Morgan fingerprint density at radius 1 is 1.46 bits per heavy atom. The molecule has 140 valence electrons. The number of carbonyl (C=O) groups excluding carboxylic acids is 1. The lowest BCUT2D eigenvalue weighted by Crippen LogP contribution is -2.33. The van der Waals surface area contributed by atoms with Gasteiger partial charge in [0.25, 0.3) is 0 Å². The molecule has 8 heteroatoms. The molecule has 0 unspecified atom stereocenters. The summed E-state index contributed by atoms with van der Waals surface area (Å²) in [6.45, 7) is 4.24. The van der Waals surface area contributed by atoms with Crippen molar-refractivity contribution < 1.29 is 23.0 Å². The number of hydrogen-bond donors (Lipinski definition) is 0. The molecule has 2 heterocycles. The van der Waals surface area contributed by atoms with Gasteiger partial charge in [-0.1, -0.05) is 19.9 Å². The third-order valence-electron chi connectivity index (χ3n) is 4.45. The van der Waals surface area contributed by atoms with Crippen molar-refractivity contribution in [2.75, 3.05) is 13.2 Å². The molecule has 1 aromatic heterocycles. The van der Waals surface area contributed by atoms with Gasteiger partial charge in [0, 0.05) is 17.5 Å². The molecule has 2 atom stereocenters. The van der Waals surface area contributed by atoms with Gasteiger partial charge in [-0.05, 0) is 12.5 Å². The molecule has 0 bridgehead atoms. The van der Waals surface area contributed by atoms with Crippen molar-refractivity contribution in [2.45, 2.75) is 32.4 Å². The van der Waals surface area contributed by atoms with Gasteiger partial charge in [-0.3, -0.25) is 4.79 Å². The Hall–Kier alpha value is -2.35. The Kier molecular flexibility index (Phi) is 5.31. The van der Waals surface area contributed by atoms with E-state index >= 15 is 0 Å². The quantitative estimate of drug-likeness (QED) is 0.737. The van der Waals surface area contributed by atoms with Gasteiger partial charge >= 0.3 is 5.97 Å². The maximum Gasteiger partial charge on any atom is 0.308 e. The number of benzene rings is 1. The van der Waals surface area contributed by atoms with Crippen LogP contribution < -0.4 is 0 Å². The second kappa shape index (κ2) is 7.49. The summed E-state index contributed by atoms with van der Waals surface area (Å²) in [7, 11) is 0. The maximum absolute atomic E-state index is 14.5. The highest BCUT2D eigenvalue weighted by Crippen LogP contribution is 2.41. The average molecular weight is 365 g/mol. The first kappa shape index (κ1) is 18.4. The van der Waals surface area contributed by atoms with E-state index in [4.69, 9.17) is 9.47 Å². The van der Waals surface area contributed by atoms with Crippen molar-refractivity contribution in [3.8, 4) is 0 Å². The van der Waals surface area contributed by atoms with E-state index < -0.39 is 17.2 Å². The third-order valence-corrected chi connectivity index (χ3v) is 4.45. The number of hydrogen-bond acceptors (Lipinski definition) is 5. The monoisotopic (exact) mass is 365 g/mol. The maximum atomic E-state index is 14.5. The molecule has 0 spiro atoms. The smallest absolute Gasteiger partial charge is 0.308 e. The number of nitrogens with zero attached hydrogens (tertiary/aromatic N) is 3. The number of ether oxygens (including phenoxy) is 2. The van der Waals surface area contributed by atoms with Crippen LogP contribution in [-0.4, -0.2) is 33.9 Å². The Balaban J connectivity index is 1.82. The first-order valence-electron chi connectivity index (χ1n) is 8.48. The molecule has 0 radical (unpaired) electrons. The van der Waals surface area contributed by atoms with Crippen LogP contribution in [0.3, 0.4) is 0 Å². The first-order chi connectivity index (χ1) is 12.4. The predicted octanol–water partition coefficient (Wildman–Crippen LogP) is 2.69.